The van der Waals surface area contributed by atoms with E-state index in [1.54, 1.807) is 10.8 Å². The van der Waals surface area contributed by atoms with Crippen molar-refractivity contribution >= 4 is 22.9 Å². The van der Waals surface area contributed by atoms with Gasteiger partial charge in [0.2, 0.25) is 5.91 Å². The molecule has 4 heterocycles. The number of carbonyl (C=O) groups is 1. The van der Waals surface area contributed by atoms with Gasteiger partial charge in [0.1, 0.15) is 11.3 Å². The van der Waals surface area contributed by atoms with Crippen molar-refractivity contribution in [3.8, 4) is 0 Å². The van der Waals surface area contributed by atoms with Crippen LogP contribution in [0.25, 0.3) is 11.2 Å². The maximum absolute atomic E-state index is 13.5. The smallest absolute Gasteiger partial charge is 0.295 e. The Morgan fingerprint density at radius 3 is 2.61 bits per heavy atom. The molecule has 1 amide bonds. The first-order valence-corrected chi connectivity index (χ1v) is 12.3. The predicted octanol–water partition coefficient (Wildman–Crippen LogP) is 3.02. The lowest BCUT2D eigenvalue weighted by Crippen LogP contribution is -2.43. The number of benzene rings is 1. The first kappa shape index (κ1) is 23.7. The third kappa shape index (κ3) is 4.86. The molecule has 0 radical (unpaired) electrons. The second kappa shape index (κ2) is 10.3. The Bertz CT molecular complexity index is 1400. The van der Waals surface area contributed by atoms with E-state index in [0.717, 1.165) is 22.6 Å². The molecule has 9 nitrogen and oxygen atoms in total. The van der Waals surface area contributed by atoms with Crippen molar-refractivity contribution in [2.24, 2.45) is 5.92 Å². The standard InChI is InChI=1S/C27H30N6O3/c1-18-22(19(2)36-31-18)10-14-29-26(34)21-11-15-32(16-12-21)25-27(35)33(17-20-7-4-3-5-8-20)24-23(30-25)9-6-13-28-24/h3-9,13,21H,10-12,14-17H2,1-2H3,(H,29,34). The van der Waals surface area contributed by atoms with Crippen LogP contribution in [0, 0.1) is 19.8 Å². The van der Waals surface area contributed by atoms with E-state index in [4.69, 9.17) is 4.52 Å². The van der Waals surface area contributed by atoms with Crippen LogP contribution >= 0.6 is 0 Å². The number of fused-ring (bicyclic) bond motifs is 1. The lowest BCUT2D eigenvalue weighted by Gasteiger charge is -2.32. The van der Waals surface area contributed by atoms with Crippen LogP contribution in [0.4, 0.5) is 5.82 Å². The summed E-state index contributed by atoms with van der Waals surface area (Å²) in [7, 11) is 0. The van der Waals surface area contributed by atoms with E-state index in [-0.39, 0.29) is 17.4 Å². The molecular weight excluding hydrogens is 456 g/mol. The summed E-state index contributed by atoms with van der Waals surface area (Å²) in [5.41, 5.74) is 4.04. The van der Waals surface area contributed by atoms with Gasteiger partial charge in [0.15, 0.2) is 11.5 Å². The molecule has 36 heavy (non-hydrogen) atoms. The van der Waals surface area contributed by atoms with Gasteiger partial charge in [-0.25, -0.2) is 9.97 Å². The number of nitrogens with zero attached hydrogens (tertiary/aromatic N) is 5. The van der Waals surface area contributed by atoms with Gasteiger partial charge in [0, 0.05) is 37.3 Å². The number of anilines is 1. The van der Waals surface area contributed by atoms with Crippen molar-refractivity contribution in [3.05, 3.63) is 81.6 Å². The van der Waals surface area contributed by atoms with Crippen molar-refractivity contribution < 1.29 is 9.32 Å². The summed E-state index contributed by atoms with van der Waals surface area (Å²) in [6.07, 6.45) is 3.71. The first-order valence-electron chi connectivity index (χ1n) is 12.3. The molecule has 1 aliphatic heterocycles. The van der Waals surface area contributed by atoms with Crippen LogP contribution in [0.2, 0.25) is 0 Å². The Labute approximate surface area is 209 Å². The molecule has 1 fully saturated rings. The molecule has 4 aromatic rings. The van der Waals surface area contributed by atoms with Gasteiger partial charge in [-0.3, -0.25) is 14.2 Å². The number of piperidine rings is 1. The number of aryl methyl sites for hydroxylation is 2. The summed E-state index contributed by atoms with van der Waals surface area (Å²) >= 11 is 0. The van der Waals surface area contributed by atoms with Gasteiger partial charge in [-0.2, -0.15) is 0 Å². The largest absolute Gasteiger partial charge is 0.361 e. The van der Waals surface area contributed by atoms with Crippen LogP contribution in [-0.2, 0) is 17.8 Å². The summed E-state index contributed by atoms with van der Waals surface area (Å²) in [5.74, 6) is 1.19. The maximum Gasteiger partial charge on any atom is 0.295 e. The number of carbonyl (C=O) groups excluding carboxylic acids is 1. The molecule has 5 rings (SSSR count). The Morgan fingerprint density at radius 2 is 1.89 bits per heavy atom. The summed E-state index contributed by atoms with van der Waals surface area (Å²) in [5, 5.41) is 7.02. The minimum Gasteiger partial charge on any atom is -0.361 e. The Kier molecular flexibility index (Phi) is 6.79. The van der Waals surface area contributed by atoms with Crippen molar-refractivity contribution in [2.45, 2.75) is 39.7 Å². The van der Waals surface area contributed by atoms with Gasteiger partial charge >= 0.3 is 0 Å². The molecule has 0 aliphatic carbocycles. The van der Waals surface area contributed by atoms with E-state index >= 15 is 0 Å². The molecule has 3 aromatic heterocycles. The number of hydrogen-bond donors (Lipinski definition) is 1. The minimum atomic E-state index is -0.160. The highest BCUT2D eigenvalue weighted by Crippen LogP contribution is 2.22. The highest BCUT2D eigenvalue weighted by Gasteiger charge is 2.28. The Hall–Kier alpha value is -4.01. The zero-order valence-electron chi connectivity index (χ0n) is 20.6. The molecule has 1 saturated heterocycles. The molecule has 0 unspecified atom stereocenters. The number of pyridine rings is 1. The number of nitrogens with one attached hydrogen (secondary N) is 1. The van der Waals surface area contributed by atoms with Crippen molar-refractivity contribution in [1.29, 1.82) is 0 Å². The quantitative estimate of drug-likeness (QED) is 0.428. The van der Waals surface area contributed by atoms with E-state index in [2.05, 4.69) is 20.4 Å². The summed E-state index contributed by atoms with van der Waals surface area (Å²) in [6, 6.07) is 13.6. The second-order valence-electron chi connectivity index (χ2n) is 9.26. The van der Waals surface area contributed by atoms with Crippen LogP contribution in [-0.4, -0.2) is 45.2 Å². The van der Waals surface area contributed by atoms with Crippen LogP contribution in [0.15, 0.2) is 58.0 Å². The first-order chi connectivity index (χ1) is 17.5. The summed E-state index contributed by atoms with van der Waals surface area (Å²) in [6.45, 7) is 5.96. The van der Waals surface area contributed by atoms with Gasteiger partial charge in [0.25, 0.3) is 5.56 Å². The van der Waals surface area contributed by atoms with E-state index in [0.29, 0.717) is 62.4 Å². The average Bonchev–Trinajstić information content (AvgIpc) is 3.23. The average molecular weight is 487 g/mol. The van der Waals surface area contributed by atoms with E-state index in [9.17, 15) is 9.59 Å². The minimum absolute atomic E-state index is 0.0542. The summed E-state index contributed by atoms with van der Waals surface area (Å²) in [4.78, 5) is 37.4. The van der Waals surface area contributed by atoms with Crippen LogP contribution in [0.5, 0.6) is 0 Å². The number of aromatic nitrogens is 4. The van der Waals surface area contributed by atoms with Gasteiger partial charge in [-0.05, 0) is 50.8 Å². The normalized spacial score (nSPS) is 14.3. The van der Waals surface area contributed by atoms with Crippen molar-refractivity contribution in [3.63, 3.8) is 0 Å². The predicted molar refractivity (Wildman–Crippen MR) is 137 cm³/mol. The van der Waals surface area contributed by atoms with Gasteiger partial charge in [-0.15, -0.1) is 0 Å². The van der Waals surface area contributed by atoms with Crippen LogP contribution < -0.4 is 15.8 Å². The van der Waals surface area contributed by atoms with E-state index in [1.165, 1.54) is 0 Å². The van der Waals surface area contributed by atoms with Gasteiger partial charge in [0.05, 0.1) is 12.2 Å². The fourth-order valence-corrected chi connectivity index (χ4v) is 4.85. The van der Waals surface area contributed by atoms with Crippen molar-refractivity contribution in [1.82, 2.24) is 25.0 Å². The fourth-order valence-electron chi connectivity index (χ4n) is 4.85. The van der Waals surface area contributed by atoms with Crippen LogP contribution in [0.3, 0.4) is 0 Å². The topological polar surface area (TPSA) is 106 Å². The van der Waals surface area contributed by atoms with Gasteiger partial charge < -0.3 is 14.7 Å². The molecule has 186 valence electrons. The SMILES string of the molecule is Cc1noc(C)c1CCNC(=O)C1CCN(c2nc3cccnc3n(Cc3ccccc3)c2=O)CC1. The van der Waals surface area contributed by atoms with E-state index < -0.39 is 0 Å². The Morgan fingerprint density at radius 1 is 1.11 bits per heavy atom. The highest BCUT2D eigenvalue weighted by atomic mass is 16.5. The third-order valence-electron chi connectivity index (χ3n) is 6.89. The lowest BCUT2D eigenvalue weighted by atomic mass is 9.96. The molecule has 1 N–H and O–H groups in total. The number of rotatable bonds is 7. The van der Waals surface area contributed by atoms with Crippen LogP contribution in [0.1, 0.15) is 35.4 Å². The molecule has 0 bridgehead atoms. The van der Waals surface area contributed by atoms with Gasteiger partial charge in [-0.1, -0.05) is 35.5 Å². The molecule has 1 aliphatic rings. The van der Waals surface area contributed by atoms with Crippen molar-refractivity contribution in [2.75, 3.05) is 24.5 Å². The molecule has 0 spiro atoms. The fraction of sp³-hybridized carbons (Fsp3) is 0.370. The maximum atomic E-state index is 13.5. The molecule has 1 aromatic carbocycles. The van der Waals surface area contributed by atoms with E-state index in [1.807, 2.05) is 61.2 Å². The molecule has 0 atom stereocenters. The highest BCUT2D eigenvalue weighted by molar-refractivity contribution is 5.79. The monoisotopic (exact) mass is 486 g/mol. The number of hydrogen-bond acceptors (Lipinski definition) is 7. The second-order valence-corrected chi connectivity index (χ2v) is 9.26. The Balaban J connectivity index is 1.27. The third-order valence-corrected chi connectivity index (χ3v) is 6.89. The lowest BCUT2D eigenvalue weighted by molar-refractivity contribution is -0.125. The zero-order chi connectivity index (χ0) is 25.1. The summed E-state index contributed by atoms with van der Waals surface area (Å²) < 4.78 is 6.89. The number of amides is 1. The molecule has 0 saturated carbocycles. The zero-order valence-corrected chi connectivity index (χ0v) is 20.6. The molecular formula is C27H30N6O3. The molecule has 9 heteroatoms.